The molecule has 0 saturated heterocycles. The number of ether oxygens (including phenoxy) is 2. The zero-order valence-electron chi connectivity index (χ0n) is 30.7. The molecule has 10 heteroatoms. The van der Waals surface area contributed by atoms with Gasteiger partial charge in [0.2, 0.25) is 0 Å². The molecular weight excluding hydrogens is 629 g/mol. The van der Waals surface area contributed by atoms with Gasteiger partial charge in [-0.2, -0.15) is 0 Å². The minimum Gasteiger partial charge on any atom is -0.462 e. The topological polar surface area (TPSA) is 134 Å². The van der Waals surface area contributed by atoms with Crippen molar-refractivity contribution in [2.75, 3.05) is 26.4 Å². The highest BCUT2D eigenvalue weighted by Gasteiger charge is 2.25. The molecule has 0 fully saturated rings. The van der Waals surface area contributed by atoms with Crippen LogP contribution in [0.1, 0.15) is 174 Å². The van der Waals surface area contributed by atoms with Crippen molar-refractivity contribution in [3.8, 4) is 0 Å². The van der Waals surface area contributed by atoms with Gasteiger partial charge in [-0.1, -0.05) is 141 Å². The molecular formula is C38H72NO8P. The average Bonchev–Trinajstić information content (AvgIpc) is 3.07. The summed E-state index contributed by atoms with van der Waals surface area (Å²) < 4.78 is 32.6. The summed E-state index contributed by atoms with van der Waals surface area (Å²) in [5.41, 5.74) is 5.32. The maximum atomic E-state index is 12.5. The lowest BCUT2D eigenvalue weighted by Crippen LogP contribution is -2.29. The van der Waals surface area contributed by atoms with Gasteiger partial charge in [0.1, 0.15) is 6.61 Å². The minimum absolute atomic E-state index is 0.0538. The summed E-state index contributed by atoms with van der Waals surface area (Å²) in [4.78, 5) is 34.6. The second kappa shape index (κ2) is 35.3. The van der Waals surface area contributed by atoms with Gasteiger partial charge in [0.25, 0.3) is 0 Å². The third kappa shape index (κ3) is 34.4. The molecule has 9 nitrogen and oxygen atoms in total. The van der Waals surface area contributed by atoms with E-state index in [2.05, 4.69) is 38.2 Å². The Morgan fingerprint density at radius 2 is 1.08 bits per heavy atom. The number of carbonyl (C=O) groups is 2. The number of unbranched alkanes of at least 4 members (excludes halogenated alkanes) is 19. The van der Waals surface area contributed by atoms with Crippen LogP contribution in [0.5, 0.6) is 0 Å². The molecule has 0 aliphatic carbocycles. The zero-order chi connectivity index (χ0) is 35.4. The number of esters is 2. The molecule has 0 aliphatic rings. The van der Waals surface area contributed by atoms with E-state index in [0.29, 0.717) is 6.42 Å². The SMILES string of the molecule is CCCCC/C=C\C/C=C\CCCCCCCCCCCC(=O)OC(COC(=O)CCCCCCCCCC)COP(=O)(O)OCCN. The van der Waals surface area contributed by atoms with Crippen molar-refractivity contribution in [1.29, 1.82) is 0 Å². The number of carbonyl (C=O) groups excluding carboxylic acids is 2. The number of allylic oxidation sites excluding steroid dienone is 4. The third-order valence-corrected chi connectivity index (χ3v) is 9.07. The van der Waals surface area contributed by atoms with Gasteiger partial charge in [0.05, 0.1) is 13.2 Å². The summed E-state index contributed by atoms with van der Waals surface area (Å²) in [6.07, 6.45) is 35.0. The van der Waals surface area contributed by atoms with Gasteiger partial charge in [0.15, 0.2) is 6.10 Å². The van der Waals surface area contributed by atoms with Crippen LogP contribution >= 0.6 is 7.82 Å². The first-order valence-electron chi connectivity index (χ1n) is 19.3. The Morgan fingerprint density at radius 3 is 1.62 bits per heavy atom. The summed E-state index contributed by atoms with van der Waals surface area (Å²) in [7, 11) is -4.36. The number of phosphoric ester groups is 1. The number of nitrogens with two attached hydrogens (primary N) is 1. The molecule has 0 aromatic heterocycles. The van der Waals surface area contributed by atoms with E-state index in [0.717, 1.165) is 51.4 Å². The highest BCUT2D eigenvalue weighted by molar-refractivity contribution is 7.47. The van der Waals surface area contributed by atoms with Crippen molar-refractivity contribution in [1.82, 2.24) is 0 Å². The fourth-order valence-electron chi connectivity index (χ4n) is 5.19. The molecule has 0 heterocycles. The first kappa shape index (κ1) is 46.5. The third-order valence-electron chi connectivity index (χ3n) is 8.09. The molecule has 0 aromatic rings. The predicted octanol–water partition coefficient (Wildman–Crippen LogP) is 10.4. The first-order valence-corrected chi connectivity index (χ1v) is 20.8. The lowest BCUT2D eigenvalue weighted by atomic mass is 10.1. The number of phosphoric acid groups is 1. The van der Waals surface area contributed by atoms with Gasteiger partial charge in [0, 0.05) is 19.4 Å². The first-order chi connectivity index (χ1) is 23.3. The molecule has 48 heavy (non-hydrogen) atoms. The van der Waals surface area contributed by atoms with Crippen LogP contribution in [-0.4, -0.2) is 49.3 Å². The Kier molecular flexibility index (Phi) is 34.2. The molecule has 0 saturated carbocycles. The van der Waals surface area contributed by atoms with Crippen molar-refractivity contribution in [2.24, 2.45) is 5.73 Å². The van der Waals surface area contributed by atoms with Gasteiger partial charge in [-0.05, 0) is 44.9 Å². The Labute approximate surface area is 293 Å². The minimum atomic E-state index is -4.36. The van der Waals surface area contributed by atoms with Crippen molar-refractivity contribution < 1.29 is 37.6 Å². The standard InChI is InChI=1S/C38H72NO8P/c1-3-5-7-9-11-13-14-15-16-17-18-19-20-21-22-23-25-27-29-31-38(41)47-36(35-46-48(42,43)45-33-32-39)34-44-37(40)30-28-26-24-12-10-8-6-4-2/h11,13,15-16,36H,3-10,12,14,17-35,39H2,1-2H3,(H,42,43)/b13-11-,16-15-. The highest BCUT2D eigenvalue weighted by Crippen LogP contribution is 2.43. The number of rotatable bonds is 36. The smallest absolute Gasteiger partial charge is 0.462 e. The van der Waals surface area contributed by atoms with Crippen molar-refractivity contribution >= 4 is 19.8 Å². The van der Waals surface area contributed by atoms with Crippen molar-refractivity contribution in [2.45, 2.75) is 180 Å². The lowest BCUT2D eigenvalue weighted by Gasteiger charge is -2.19. The fraction of sp³-hybridized carbons (Fsp3) is 0.842. The molecule has 282 valence electrons. The van der Waals surface area contributed by atoms with Crippen LogP contribution in [-0.2, 0) is 32.7 Å². The maximum absolute atomic E-state index is 12.5. The average molecular weight is 702 g/mol. The van der Waals surface area contributed by atoms with Gasteiger partial charge >= 0.3 is 19.8 Å². The summed E-state index contributed by atoms with van der Waals surface area (Å²) in [5.74, 6) is -0.836. The van der Waals surface area contributed by atoms with Crippen LogP contribution in [0.2, 0.25) is 0 Å². The summed E-state index contributed by atoms with van der Waals surface area (Å²) >= 11 is 0. The van der Waals surface area contributed by atoms with Gasteiger partial charge < -0.3 is 20.1 Å². The molecule has 0 aliphatic heterocycles. The van der Waals surface area contributed by atoms with Crippen LogP contribution in [0.25, 0.3) is 0 Å². The predicted molar refractivity (Wildman–Crippen MR) is 197 cm³/mol. The quantitative estimate of drug-likeness (QED) is 0.0283. The van der Waals surface area contributed by atoms with E-state index >= 15 is 0 Å². The monoisotopic (exact) mass is 701 g/mol. The van der Waals surface area contributed by atoms with Gasteiger partial charge in [-0.25, -0.2) is 4.57 Å². The van der Waals surface area contributed by atoms with Crippen LogP contribution in [0.3, 0.4) is 0 Å². The maximum Gasteiger partial charge on any atom is 0.472 e. The molecule has 0 amide bonds. The number of hydrogen-bond donors (Lipinski definition) is 2. The van der Waals surface area contributed by atoms with Crippen LogP contribution in [0.15, 0.2) is 24.3 Å². The zero-order valence-corrected chi connectivity index (χ0v) is 31.6. The summed E-state index contributed by atoms with van der Waals surface area (Å²) in [6, 6.07) is 0. The molecule has 2 unspecified atom stereocenters. The Balaban J connectivity index is 4.13. The lowest BCUT2D eigenvalue weighted by molar-refractivity contribution is -0.161. The van der Waals surface area contributed by atoms with E-state index in [1.807, 2.05) is 0 Å². The molecule has 0 bridgehead atoms. The second-order valence-electron chi connectivity index (χ2n) is 12.8. The largest absolute Gasteiger partial charge is 0.472 e. The van der Waals surface area contributed by atoms with Gasteiger partial charge in [-0.15, -0.1) is 0 Å². The van der Waals surface area contributed by atoms with E-state index in [1.165, 1.54) is 89.9 Å². The van der Waals surface area contributed by atoms with Crippen LogP contribution < -0.4 is 5.73 Å². The Hall–Kier alpha value is -1.51. The Bertz CT molecular complexity index is 851. The highest BCUT2D eigenvalue weighted by atomic mass is 31.2. The summed E-state index contributed by atoms with van der Waals surface area (Å²) in [6.45, 7) is 3.66. The van der Waals surface area contributed by atoms with Gasteiger partial charge in [-0.3, -0.25) is 18.6 Å². The van der Waals surface area contributed by atoms with E-state index in [-0.39, 0.29) is 38.6 Å². The van der Waals surface area contributed by atoms with E-state index < -0.39 is 26.5 Å². The molecule has 2 atom stereocenters. The Morgan fingerprint density at radius 1 is 0.625 bits per heavy atom. The molecule has 0 radical (unpaired) electrons. The molecule has 0 aromatic carbocycles. The number of hydrogen-bond acceptors (Lipinski definition) is 8. The van der Waals surface area contributed by atoms with Crippen LogP contribution in [0, 0.1) is 0 Å². The molecule has 0 spiro atoms. The fourth-order valence-corrected chi connectivity index (χ4v) is 5.96. The van der Waals surface area contributed by atoms with E-state index in [9.17, 15) is 19.0 Å². The van der Waals surface area contributed by atoms with E-state index in [1.54, 1.807) is 0 Å². The summed E-state index contributed by atoms with van der Waals surface area (Å²) in [5, 5.41) is 0. The second-order valence-corrected chi connectivity index (χ2v) is 14.3. The normalized spacial score (nSPS) is 13.7. The molecule has 0 rings (SSSR count). The van der Waals surface area contributed by atoms with Crippen molar-refractivity contribution in [3.05, 3.63) is 24.3 Å². The molecule has 3 N–H and O–H groups in total. The van der Waals surface area contributed by atoms with E-state index in [4.69, 9.17) is 24.3 Å². The van der Waals surface area contributed by atoms with Crippen molar-refractivity contribution in [3.63, 3.8) is 0 Å². The van der Waals surface area contributed by atoms with Crippen LogP contribution in [0.4, 0.5) is 0 Å².